The quantitative estimate of drug-likeness (QED) is 0.676. The Morgan fingerprint density at radius 3 is 2.67 bits per heavy atom. The number of H-pyrrole nitrogens is 1. The lowest BCUT2D eigenvalue weighted by molar-refractivity contribution is 0.103. The highest BCUT2D eigenvalue weighted by atomic mass is 16.5. The Balaban J connectivity index is 1.54. The smallest absolute Gasteiger partial charge is 0.245 e. The van der Waals surface area contributed by atoms with E-state index >= 15 is 0 Å². The number of nitrogens with one attached hydrogen (secondary N) is 1. The number of ether oxygens (including phenoxy) is 1. The molecule has 1 aliphatic rings. The highest BCUT2D eigenvalue weighted by Gasteiger charge is 2.18. The summed E-state index contributed by atoms with van der Waals surface area (Å²) in [5, 5.41) is 9.68. The van der Waals surface area contributed by atoms with Gasteiger partial charge in [-0.2, -0.15) is 0 Å². The number of carbonyl (C=O) groups excluding carboxylic acids is 1. The number of ketones is 1. The van der Waals surface area contributed by atoms with Crippen LogP contribution in [0.3, 0.4) is 0 Å². The van der Waals surface area contributed by atoms with Gasteiger partial charge in [-0.15, -0.1) is 0 Å². The van der Waals surface area contributed by atoms with E-state index in [1.807, 2.05) is 6.08 Å². The highest BCUT2D eigenvalue weighted by Crippen LogP contribution is 2.32. The second kappa shape index (κ2) is 7.55. The number of benzene rings is 1. The molecule has 1 aromatic carbocycles. The number of aliphatic hydroxyl groups excluding tert-OH is 1. The molecule has 6 nitrogen and oxygen atoms in total. The first-order valence-electron chi connectivity index (χ1n) is 8.85. The van der Waals surface area contributed by atoms with Crippen molar-refractivity contribution in [3.8, 4) is 11.6 Å². The zero-order valence-corrected chi connectivity index (χ0v) is 14.6. The van der Waals surface area contributed by atoms with Gasteiger partial charge in [0.25, 0.3) is 0 Å². The fraction of sp³-hybridized carbons (Fsp3) is 0.190. The Morgan fingerprint density at radius 2 is 1.96 bits per heavy atom. The molecule has 2 aromatic heterocycles. The van der Waals surface area contributed by atoms with Gasteiger partial charge in [-0.25, -0.2) is 9.97 Å². The van der Waals surface area contributed by atoms with E-state index in [0.717, 1.165) is 12.0 Å². The molecule has 0 radical (unpaired) electrons. The van der Waals surface area contributed by atoms with Crippen molar-refractivity contribution in [2.75, 3.05) is 0 Å². The van der Waals surface area contributed by atoms with E-state index < -0.39 is 0 Å². The first kappa shape index (κ1) is 17.2. The zero-order valence-electron chi connectivity index (χ0n) is 14.6. The van der Waals surface area contributed by atoms with Crippen molar-refractivity contribution in [1.82, 2.24) is 15.0 Å². The normalized spacial score (nSPS) is 16.6. The van der Waals surface area contributed by atoms with Crippen LogP contribution in [0.4, 0.5) is 0 Å². The minimum absolute atomic E-state index is 0.0716. The SMILES string of the molecule is O=C(c1ccc(Oc2nccnc2C2=CCC(O)CC2)cc1)c1ccc[nH]1. The maximum atomic E-state index is 12.3. The third-order valence-electron chi connectivity index (χ3n) is 4.53. The predicted octanol–water partition coefficient (Wildman–Crippen LogP) is 3.76. The Hall–Kier alpha value is -3.25. The highest BCUT2D eigenvalue weighted by molar-refractivity contribution is 6.07. The molecule has 0 saturated carbocycles. The molecule has 1 atom stereocenters. The second-order valence-corrected chi connectivity index (χ2v) is 6.41. The average Bonchev–Trinajstić information content (AvgIpc) is 3.24. The lowest BCUT2D eigenvalue weighted by Crippen LogP contribution is -2.10. The van der Waals surface area contributed by atoms with E-state index in [-0.39, 0.29) is 11.9 Å². The van der Waals surface area contributed by atoms with Crippen molar-refractivity contribution >= 4 is 11.4 Å². The summed E-state index contributed by atoms with van der Waals surface area (Å²) in [5.74, 6) is 0.928. The van der Waals surface area contributed by atoms with Crippen molar-refractivity contribution in [3.63, 3.8) is 0 Å². The van der Waals surface area contributed by atoms with Gasteiger partial charge in [-0.3, -0.25) is 4.79 Å². The summed E-state index contributed by atoms with van der Waals surface area (Å²) in [6.45, 7) is 0. The van der Waals surface area contributed by atoms with Crippen LogP contribution in [0.15, 0.2) is 61.1 Å². The molecule has 136 valence electrons. The van der Waals surface area contributed by atoms with Gasteiger partial charge in [0, 0.05) is 24.2 Å². The summed E-state index contributed by atoms with van der Waals surface area (Å²) in [4.78, 5) is 24.0. The lowest BCUT2D eigenvalue weighted by Gasteiger charge is -2.18. The van der Waals surface area contributed by atoms with Crippen LogP contribution in [-0.4, -0.2) is 31.9 Å². The van der Waals surface area contributed by atoms with E-state index in [1.165, 1.54) is 0 Å². The third-order valence-corrected chi connectivity index (χ3v) is 4.53. The first-order valence-corrected chi connectivity index (χ1v) is 8.85. The number of rotatable bonds is 5. The molecule has 1 unspecified atom stereocenters. The number of hydrogen-bond acceptors (Lipinski definition) is 5. The van der Waals surface area contributed by atoms with Crippen LogP contribution in [0.1, 0.15) is 41.0 Å². The van der Waals surface area contributed by atoms with Crippen LogP contribution in [0.5, 0.6) is 11.6 Å². The standard InChI is InChI=1S/C21H19N3O3/c25-16-7-3-14(4-8-16)19-21(24-13-12-23-19)27-17-9-5-15(6-10-17)20(26)18-2-1-11-22-18/h1-3,5-6,9-13,16,22,25H,4,7-8H2. The number of aliphatic hydroxyl groups is 1. The molecule has 0 fully saturated rings. The monoisotopic (exact) mass is 361 g/mol. The Labute approximate surface area is 156 Å². The van der Waals surface area contributed by atoms with E-state index in [9.17, 15) is 9.90 Å². The van der Waals surface area contributed by atoms with Crippen molar-refractivity contribution in [2.24, 2.45) is 0 Å². The molecular formula is C21H19N3O3. The van der Waals surface area contributed by atoms with Crippen molar-refractivity contribution in [1.29, 1.82) is 0 Å². The summed E-state index contributed by atoms with van der Waals surface area (Å²) >= 11 is 0. The van der Waals surface area contributed by atoms with Gasteiger partial charge >= 0.3 is 0 Å². The van der Waals surface area contributed by atoms with Gasteiger partial charge in [0.05, 0.1) is 11.8 Å². The van der Waals surface area contributed by atoms with Gasteiger partial charge in [0.2, 0.25) is 11.7 Å². The van der Waals surface area contributed by atoms with E-state index in [0.29, 0.717) is 41.4 Å². The van der Waals surface area contributed by atoms with Crippen LogP contribution in [0.25, 0.3) is 5.57 Å². The predicted molar refractivity (Wildman–Crippen MR) is 101 cm³/mol. The van der Waals surface area contributed by atoms with Crippen molar-refractivity contribution in [3.05, 3.63) is 78.0 Å². The van der Waals surface area contributed by atoms with E-state index in [2.05, 4.69) is 15.0 Å². The van der Waals surface area contributed by atoms with Crippen LogP contribution >= 0.6 is 0 Å². The maximum absolute atomic E-state index is 12.3. The molecule has 0 amide bonds. The molecule has 4 rings (SSSR count). The van der Waals surface area contributed by atoms with Gasteiger partial charge < -0.3 is 14.8 Å². The molecule has 0 saturated heterocycles. The van der Waals surface area contributed by atoms with Crippen LogP contribution in [-0.2, 0) is 0 Å². The Bertz CT molecular complexity index is 963. The Morgan fingerprint density at radius 1 is 1.15 bits per heavy atom. The van der Waals surface area contributed by atoms with Crippen LogP contribution in [0.2, 0.25) is 0 Å². The number of carbonyl (C=O) groups is 1. The first-order chi connectivity index (χ1) is 13.2. The average molecular weight is 361 g/mol. The number of aromatic amines is 1. The molecule has 0 spiro atoms. The molecule has 0 bridgehead atoms. The van der Waals surface area contributed by atoms with E-state index in [1.54, 1.807) is 55.0 Å². The number of allylic oxidation sites excluding steroid dienone is 1. The lowest BCUT2D eigenvalue weighted by atomic mass is 9.95. The Kier molecular flexibility index (Phi) is 4.80. The summed E-state index contributed by atoms with van der Waals surface area (Å²) < 4.78 is 5.92. The van der Waals surface area contributed by atoms with Crippen LogP contribution < -0.4 is 4.74 Å². The summed E-state index contributed by atoms with van der Waals surface area (Å²) in [6, 6.07) is 10.5. The topological polar surface area (TPSA) is 88.1 Å². The fourth-order valence-corrected chi connectivity index (χ4v) is 3.07. The second-order valence-electron chi connectivity index (χ2n) is 6.41. The summed E-state index contributed by atoms with van der Waals surface area (Å²) in [5.41, 5.74) is 2.84. The molecule has 2 heterocycles. The molecule has 27 heavy (non-hydrogen) atoms. The fourth-order valence-electron chi connectivity index (χ4n) is 3.07. The third kappa shape index (κ3) is 3.80. The molecule has 0 aliphatic heterocycles. The van der Waals surface area contributed by atoms with Gasteiger partial charge in [-0.1, -0.05) is 6.08 Å². The van der Waals surface area contributed by atoms with Crippen LogP contribution in [0, 0.1) is 0 Å². The van der Waals surface area contributed by atoms with Gasteiger partial charge in [0.15, 0.2) is 0 Å². The molecule has 3 aromatic rings. The summed E-state index contributed by atoms with van der Waals surface area (Å²) in [6.07, 6.45) is 8.69. The zero-order chi connectivity index (χ0) is 18.6. The maximum Gasteiger partial charge on any atom is 0.245 e. The molecule has 6 heteroatoms. The van der Waals surface area contributed by atoms with Gasteiger partial charge in [-0.05, 0) is 61.2 Å². The molecule has 1 aliphatic carbocycles. The van der Waals surface area contributed by atoms with Crippen molar-refractivity contribution in [2.45, 2.75) is 25.4 Å². The van der Waals surface area contributed by atoms with Crippen molar-refractivity contribution < 1.29 is 14.6 Å². The number of aromatic nitrogens is 3. The molecule has 2 N–H and O–H groups in total. The largest absolute Gasteiger partial charge is 0.437 e. The number of nitrogens with zero attached hydrogens (tertiary/aromatic N) is 2. The minimum Gasteiger partial charge on any atom is -0.437 e. The minimum atomic E-state index is -0.292. The summed E-state index contributed by atoms with van der Waals surface area (Å²) in [7, 11) is 0. The van der Waals surface area contributed by atoms with Gasteiger partial charge in [0.1, 0.15) is 11.4 Å². The molecular weight excluding hydrogens is 342 g/mol. The van der Waals surface area contributed by atoms with E-state index in [4.69, 9.17) is 4.74 Å². The number of hydrogen-bond donors (Lipinski definition) is 2.